The van der Waals surface area contributed by atoms with Crippen molar-refractivity contribution in [1.29, 1.82) is 0 Å². The van der Waals surface area contributed by atoms with Gasteiger partial charge < -0.3 is 5.11 Å². The Balaban J connectivity index is 2.83. The third-order valence-corrected chi connectivity index (χ3v) is 3.70. The third-order valence-electron chi connectivity index (χ3n) is 2.22. The summed E-state index contributed by atoms with van der Waals surface area (Å²) in [6.07, 6.45) is 3.08. The molecule has 0 aromatic heterocycles. The number of rotatable bonds is 4. The number of hydrogen-bond acceptors (Lipinski definition) is 1. The summed E-state index contributed by atoms with van der Waals surface area (Å²) in [6, 6.07) is 6.04. The Morgan fingerprint density at radius 2 is 2.29 bits per heavy atom. The van der Waals surface area contributed by atoms with E-state index in [0.717, 1.165) is 18.4 Å². The molecule has 0 spiro atoms. The molecule has 14 heavy (non-hydrogen) atoms. The van der Waals surface area contributed by atoms with Gasteiger partial charge in [-0.3, -0.25) is 0 Å². The summed E-state index contributed by atoms with van der Waals surface area (Å²) in [7, 11) is 0. The predicted molar refractivity (Wildman–Crippen MR) is 68.3 cm³/mol. The smallest absolute Gasteiger partial charge is 0.0803 e. The molecule has 0 radical (unpaired) electrons. The van der Waals surface area contributed by atoms with Crippen molar-refractivity contribution in [3.8, 4) is 0 Å². The van der Waals surface area contributed by atoms with Crippen LogP contribution in [-0.2, 0) is 0 Å². The van der Waals surface area contributed by atoms with Crippen LogP contribution in [0.2, 0.25) is 0 Å². The first-order valence-electron chi connectivity index (χ1n) is 4.70. The number of halogens is 1. The van der Waals surface area contributed by atoms with Gasteiger partial charge >= 0.3 is 0 Å². The zero-order valence-corrected chi connectivity index (χ0v) is 10.5. The molecule has 1 nitrogen and oxygen atoms in total. The van der Waals surface area contributed by atoms with E-state index in [2.05, 4.69) is 42.2 Å². The maximum atomic E-state index is 9.90. The second kappa shape index (κ2) is 5.51. The van der Waals surface area contributed by atoms with Crippen molar-refractivity contribution in [1.82, 2.24) is 0 Å². The van der Waals surface area contributed by atoms with E-state index in [4.69, 9.17) is 0 Å². The van der Waals surface area contributed by atoms with Crippen LogP contribution in [0.15, 0.2) is 30.9 Å². The monoisotopic (exact) mass is 302 g/mol. The van der Waals surface area contributed by atoms with Gasteiger partial charge in [0.05, 0.1) is 6.10 Å². The van der Waals surface area contributed by atoms with E-state index in [1.165, 1.54) is 9.13 Å². The van der Waals surface area contributed by atoms with Gasteiger partial charge in [-0.1, -0.05) is 24.3 Å². The summed E-state index contributed by atoms with van der Waals surface area (Å²) < 4.78 is 1.17. The molecule has 1 aromatic rings. The topological polar surface area (TPSA) is 20.2 Å². The van der Waals surface area contributed by atoms with Crippen LogP contribution in [0.25, 0.3) is 0 Å². The quantitative estimate of drug-likeness (QED) is 0.665. The lowest BCUT2D eigenvalue weighted by atomic mass is 10.0. The molecular formula is C12H15IO. The van der Waals surface area contributed by atoms with Crippen LogP contribution in [0.1, 0.15) is 30.1 Å². The molecule has 0 saturated heterocycles. The molecule has 0 bridgehead atoms. The SMILES string of the molecule is C=CCCC(O)c1cccc(C)c1I. The van der Waals surface area contributed by atoms with E-state index in [9.17, 15) is 5.11 Å². The summed E-state index contributed by atoms with van der Waals surface area (Å²) in [6.45, 7) is 5.71. The fraction of sp³-hybridized carbons (Fsp3) is 0.333. The van der Waals surface area contributed by atoms with Gasteiger partial charge in [0.25, 0.3) is 0 Å². The van der Waals surface area contributed by atoms with Crippen LogP contribution in [0.3, 0.4) is 0 Å². The van der Waals surface area contributed by atoms with Gasteiger partial charge in [0.1, 0.15) is 0 Å². The second-order valence-electron chi connectivity index (χ2n) is 3.36. The van der Waals surface area contributed by atoms with Gasteiger partial charge in [0.15, 0.2) is 0 Å². The van der Waals surface area contributed by atoms with Crippen molar-refractivity contribution in [3.05, 3.63) is 45.6 Å². The molecule has 76 valence electrons. The highest BCUT2D eigenvalue weighted by atomic mass is 127. The molecule has 0 aliphatic rings. The second-order valence-corrected chi connectivity index (χ2v) is 4.44. The average molecular weight is 302 g/mol. The van der Waals surface area contributed by atoms with Crippen molar-refractivity contribution in [3.63, 3.8) is 0 Å². The van der Waals surface area contributed by atoms with E-state index >= 15 is 0 Å². The van der Waals surface area contributed by atoms with Crippen LogP contribution in [0, 0.1) is 10.5 Å². The zero-order chi connectivity index (χ0) is 10.6. The number of allylic oxidation sites excluding steroid dienone is 1. The van der Waals surface area contributed by atoms with Gasteiger partial charge in [-0.25, -0.2) is 0 Å². The Labute approximate surface area is 99.0 Å². The fourth-order valence-electron chi connectivity index (χ4n) is 1.36. The lowest BCUT2D eigenvalue weighted by Gasteiger charge is -2.13. The molecule has 1 rings (SSSR count). The van der Waals surface area contributed by atoms with Gasteiger partial charge in [0.2, 0.25) is 0 Å². The molecule has 1 N–H and O–H groups in total. The summed E-state index contributed by atoms with van der Waals surface area (Å²) in [4.78, 5) is 0. The van der Waals surface area contributed by atoms with E-state index in [0.29, 0.717) is 0 Å². The van der Waals surface area contributed by atoms with Crippen LogP contribution in [0.4, 0.5) is 0 Å². The van der Waals surface area contributed by atoms with Crippen LogP contribution in [0.5, 0.6) is 0 Å². The van der Waals surface area contributed by atoms with E-state index in [-0.39, 0.29) is 6.10 Å². The highest BCUT2D eigenvalue weighted by molar-refractivity contribution is 14.1. The third kappa shape index (κ3) is 2.82. The highest BCUT2D eigenvalue weighted by Crippen LogP contribution is 2.25. The number of aryl methyl sites for hydroxylation is 1. The summed E-state index contributed by atoms with van der Waals surface area (Å²) in [5, 5.41) is 9.90. The zero-order valence-electron chi connectivity index (χ0n) is 8.33. The van der Waals surface area contributed by atoms with Crippen molar-refractivity contribution >= 4 is 22.6 Å². The van der Waals surface area contributed by atoms with Crippen LogP contribution in [-0.4, -0.2) is 5.11 Å². The van der Waals surface area contributed by atoms with Gasteiger partial charge in [-0.15, -0.1) is 6.58 Å². The van der Waals surface area contributed by atoms with Crippen LogP contribution >= 0.6 is 22.6 Å². The van der Waals surface area contributed by atoms with E-state index < -0.39 is 0 Å². The Kier molecular flexibility index (Phi) is 4.62. The first kappa shape index (κ1) is 11.7. The summed E-state index contributed by atoms with van der Waals surface area (Å²) in [5.41, 5.74) is 2.26. The Hall–Kier alpha value is -0.350. The molecule has 1 atom stereocenters. The van der Waals surface area contributed by atoms with Crippen molar-refractivity contribution in [2.45, 2.75) is 25.9 Å². The van der Waals surface area contributed by atoms with Gasteiger partial charge in [-0.05, 0) is 53.5 Å². The largest absolute Gasteiger partial charge is 0.388 e. The number of aliphatic hydroxyl groups is 1. The molecule has 0 saturated carbocycles. The molecule has 0 fully saturated rings. The highest BCUT2D eigenvalue weighted by Gasteiger charge is 2.10. The molecule has 1 unspecified atom stereocenters. The van der Waals surface area contributed by atoms with Crippen molar-refractivity contribution in [2.24, 2.45) is 0 Å². The first-order chi connectivity index (χ1) is 6.66. The minimum absolute atomic E-state index is 0.361. The normalized spacial score (nSPS) is 12.5. The molecule has 2 heteroatoms. The Bertz CT molecular complexity index is 320. The first-order valence-corrected chi connectivity index (χ1v) is 5.78. The molecule has 1 aromatic carbocycles. The predicted octanol–water partition coefficient (Wildman–Crippen LogP) is 3.60. The fourth-order valence-corrected chi connectivity index (χ4v) is 2.08. The molecule has 0 amide bonds. The molecule has 0 heterocycles. The number of aliphatic hydroxyl groups excluding tert-OH is 1. The summed E-state index contributed by atoms with van der Waals surface area (Å²) >= 11 is 2.29. The lowest BCUT2D eigenvalue weighted by molar-refractivity contribution is 0.168. The maximum absolute atomic E-state index is 9.90. The Morgan fingerprint density at radius 1 is 1.57 bits per heavy atom. The van der Waals surface area contributed by atoms with E-state index in [1.807, 2.05) is 18.2 Å². The summed E-state index contributed by atoms with van der Waals surface area (Å²) in [5.74, 6) is 0. The minimum Gasteiger partial charge on any atom is -0.388 e. The maximum Gasteiger partial charge on any atom is 0.0803 e. The van der Waals surface area contributed by atoms with Crippen LogP contribution < -0.4 is 0 Å². The van der Waals surface area contributed by atoms with Crippen molar-refractivity contribution < 1.29 is 5.11 Å². The van der Waals surface area contributed by atoms with Gasteiger partial charge in [-0.2, -0.15) is 0 Å². The van der Waals surface area contributed by atoms with Gasteiger partial charge in [0, 0.05) is 3.57 Å². The standard InChI is InChI=1S/C12H15IO/c1-3-4-8-11(14)10-7-5-6-9(2)12(10)13/h3,5-7,11,14H,1,4,8H2,2H3. The molecule has 0 aliphatic carbocycles. The van der Waals surface area contributed by atoms with Crippen molar-refractivity contribution in [2.75, 3.05) is 0 Å². The Morgan fingerprint density at radius 3 is 2.93 bits per heavy atom. The number of benzene rings is 1. The molecule has 0 aliphatic heterocycles. The number of hydrogen-bond donors (Lipinski definition) is 1. The molecular weight excluding hydrogens is 287 g/mol. The lowest BCUT2D eigenvalue weighted by Crippen LogP contribution is -2.00. The van der Waals surface area contributed by atoms with E-state index in [1.54, 1.807) is 0 Å². The minimum atomic E-state index is -0.361. The average Bonchev–Trinajstić information content (AvgIpc) is 2.18.